The maximum atomic E-state index is 5.97. The quantitative estimate of drug-likeness (QED) is 0.832. The van der Waals surface area contributed by atoms with Crippen LogP contribution in [0, 0.1) is 0 Å². The molecule has 2 saturated heterocycles. The van der Waals surface area contributed by atoms with Crippen molar-refractivity contribution in [2.75, 3.05) is 46.4 Å². The number of hydrogen-bond donors (Lipinski definition) is 1. The van der Waals surface area contributed by atoms with Gasteiger partial charge in [0.1, 0.15) is 0 Å². The van der Waals surface area contributed by atoms with Gasteiger partial charge >= 0.3 is 0 Å². The van der Waals surface area contributed by atoms with Crippen LogP contribution in [-0.4, -0.2) is 68.4 Å². The predicted molar refractivity (Wildman–Crippen MR) is 112 cm³/mol. The molecule has 150 valence electrons. The molecule has 0 spiro atoms. The van der Waals surface area contributed by atoms with E-state index in [-0.39, 0.29) is 12.1 Å². The van der Waals surface area contributed by atoms with Crippen LogP contribution in [0.15, 0.2) is 48.5 Å². The van der Waals surface area contributed by atoms with Crippen molar-refractivity contribution in [1.29, 1.82) is 0 Å². The largest absolute Gasteiger partial charge is 0.377 e. The summed E-state index contributed by atoms with van der Waals surface area (Å²) in [6.07, 6.45) is 0.00697. The van der Waals surface area contributed by atoms with Crippen molar-refractivity contribution in [2.24, 2.45) is 5.73 Å². The molecule has 0 aromatic heterocycles. The van der Waals surface area contributed by atoms with E-state index in [4.69, 9.17) is 15.2 Å². The Labute approximate surface area is 168 Å². The van der Waals surface area contributed by atoms with Crippen LogP contribution in [0.2, 0.25) is 0 Å². The zero-order valence-electron chi connectivity index (χ0n) is 16.7. The normalized spacial score (nSPS) is 23.9. The summed E-state index contributed by atoms with van der Waals surface area (Å²) in [5.41, 5.74) is 11.0. The highest BCUT2D eigenvalue weighted by atomic mass is 16.5. The lowest BCUT2D eigenvalue weighted by molar-refractivity contribution is 0.0265. The molecular formula is C23H31N3O2. The third-order valence-electron chi connectivity index (χ3n) is 5.78. The fraction of sp³-hybridized carbons (Fsp3) is 0.478. The van der Waals surface area contributed by atoms with Crippen LogP contribution in [0.25, 0.3) is 11.1 Å². The van der Waals surface area contributed by atoms with Crippen LogP contribution >= 0.6 is 0 Å². The van der Waals surface area contributed by atoms with E-state index in [0.29, 0.717) is 19.8 Å². The van der Waals surface area contributed by atoms with Crippen LogP contribution in [-0.2, 0) is 22.6 Å². The highest BCUT2D eigenvalue weighted by molar-refractivity contribution is 5.63. The standard InChI is InChI=1S/C23H31N3O2/c1-25-10-12-26(13-11-25)14-18-2-6-20(7-3-18)21-8-4-19(5-9-21)15-28-23-17-27-16-22(23)24/h2-9,22-23H,10-17,24H2,1H3. The van der Waals surface area contributed by atoms with Crippen molar-refractivity contribution < 1.29 is 9.47 Å². The molecule has 0 radical (unpaired) electrons. The van der Waals surface area contributed by atoms with Crippen LogP contribution in [0.1, 0.15) is 11.1 Å². The third-order valence-corrected chi connectivity index (χ3v) is 5.78. The van der Waals surface area contributed by atoms with Gasteiger partial charge in [0.15, 0.2) is 0 Å². The minimum absolute atomic E-state index is 0.00697. The Morgan fingerprint density at radius 1 is 0.893 bits per heavy atom. The second kappa shape index (κ2) is 9.16. The van der Waals surface area contributed by atoms with Gasteiger partial charge in [-0.3, -0.25) is 4.90 Å². The Kier molecular flexibility index (Phi) is 6.40. The zero-order chi connectivity index (χ0) is 19.3. The minimum Gasteiger partial charge on any atom is -0.377 e. The Hall–Kier alpha value is -1.76. The number of ether oxygens (including phenoxy) is 2. The van der Waals surface area contributed by atoms with Gasteiger partial charge in [0, 0.05) is 32.7 Å². The maximum Gasteiger partial charge on any atom is 0.0985 e. The number of nitrogens with two attached hydrogens (primary N) is 1. The summed E-state index contributed by atoms with van der Waals surface area (Å²) in [7, 11) is 2.20. The number of benzene rings is 2. The topological polar surface area (TPSA) is 51.0 Å². The van der Waals surface area contributed by atoms with Crippen molar-refractivity contribution in [3.8, 4) is 11.1 Å². The summed E-state index contributed by atoms with van der Waals surface area (Å²) >= 11 is 0. The second-order valence-electron chi connectivity index (χ2n) is 8.02. The highest BCUT2D eigenvalue weighted by Crippen LogP contribution is 2.22. The molecule has 2 heterocycles. The summed E-state index contributed by atoms with van der Waals surface area (Å²) in [5.74, 6) is 0. The van der Waals surface area contributed by atoms with E-state index in [2.05, 4.69) is 65.4 Å². The first-order valence-electron chi connectivity index (χ1n) is 10.2. The van der Waals surface area contributed by atoms with E-state index in [1.807, 2.05) is 0 Å². The van der Waals surface area contributed by atoms with Gasteiger partial charge in [-0.15, -0.1) is 0 Å². The molecule has 4 rings (SSSR count). The maximum absolute atomic E-state index is 5.97. The van der Waals surface area contributed by atoms with Gasteiger partial charge in [0.05, 0.1) is 32.0 Å². The molecule has 0 bridgehead atoms. The van der Waals surface area contributed by atoms with Crippen molar-refractivity contribution >= 4 is 0 Å². The summed E-state index contributed by atoms with van der Waals surface area (Å²) in [4.78, 5) is 4.93. The Morgan fingerprint density at radius 3 is 2.07 bits per heavy atom. The number of rotatable bonds is 6. The highest BCUT2D eigenvalue weighted by Gasteiger charge is 2.25. The lowest BCUT2D eigenvalue weighted by atomic mass is 10.0. The van der Waals surface area contributed by atoms with Gasteiger partial charge in [-0.2, -0.15) is 0 Å². The first-order chi connectivity index (χ1) is 13.7. The molecule has 2 fully saturated rings. The monoisotopic (exact) mass is 381 g/mol. The Balaban J connectivity index is 1.31. The molecule has 5 nitrogen and oxygen atoms in total. The Bertz CT molecular complexity index is 739. The molecule has 0 aliphatic carbocycles. The van der Waals surface area contributed by atoms with E-state index in [1.165, 1.54) is 16.7 Å². The van der Waals surface area contributed by atoms with E-state index in [0.717, 1.165) is 38.3 Å². The van der Waals surface area contributed by atoms with Gasteiger partial charge < -0.3 is 20.1 Å². The van der Waals surface area contributed by atoms with Gasteiger partial charge in [-0.1, -0.05) is 48.5 Å². The van der Waals surface area contributed by atoms with Gasteiger partial charge in [0.2, 0.25) is 0 Å². The smallest absolute Gasteiger partial charge is 0.0985 e. The number of piperazine rings is 1. The molecule has 2 unspecified atom stereocenters. The molecule has 0 saturated carbocycles. The van der Waals surface area contributed by atoms with Gasteiger partial charge in [-0.05, 0) is 29.3 Å². The molecular weight excluding hydrogens is 350 g/mol. The van der Waals surface area contributed by atoms with E-state index >= 15 is 0 Å². The molecule has 2 aliphatic heterocycles. The molecule has 2 aromatic carbocycles. The minimum atomic E-state index is -0.0105. The summed E-state index contributed by atoms with van der Waals surface area (Å²) in [6.45, 7) is 7.43. The average molecular weight is 382 g/mol. The lowest BCUT2D eigenvalue weighted by Crippen LogP contribution is -2.43. The predicted octanol–water partition coefficient (Wildman–Crippen LogP) is 2.34. The number of nitrogens with zero attached hydrogens (tertiary/aromatic N) is 2. The summed E-state index contributed by atoms with van der Waals surface area (Å²) in [5, 5.41) is 0. The van der Waals surface area contributed by atoms with Crippen LogP contribution in [0.5, 0.6) is 0 Å². The number of likely N-dealkylation sites (N-methyl/N-ethyl adjacent to an activating group) is 1. The fourth-order valence-corrected chi connectivity index (χ4v) is 3.79. The summed E-state index contributed by atoms with van der Waals surface area (Å²) in [6, 6.07) is 17.6. The number of hydrogen-bond acceptors (Lipinski definition) is 5. The molecule has 2 N–H and O–H groups in total. The molecule has 2 atom stereocenters. The second-order valence-corrected chi connectivity index (χ2v) is 8.02. The molecule has 0 amide bonds. The average Bonchev–Trinajstić information content (AvgIpc) is 3.14. The van der Waals surface area contributed by atoms with Crippen molar-refractivity contribution in [2.45, 2.75) is 25.3 Å². The van der Waals surface area contributed by atoms with Crippen LogP contribution in [0.3, 0.4) is 0 Å². The van der Waals surface area contributed by atoms with E-state index in [1.54, 1.807) is 0 Å². The molecule has 2 aliphatic rings. The molecule has 2 aromatic rings. The summed E-state index contributed by atoms with van der Waals surface area (Å²) < 4.78 is 11.2. The Morgan fingerprint density at radius 2 is 1.50 bits per heavy atom. The zero-order valence-corrected chi connectivity index (χ0v) is 16.7. The van der Waals surface area contributed by atoms with Crippen LogP contribution < -0.4 is 5.73 Å². The van der Waals surface area contributed by atoms with Crippen molar-refractivity contribution in [1.82, 2.24) is 9.80 Å². The van der Waals surface area contributed by atoms with Crippen molar-refractivity contribution in [3.63, 3.8) is 0 Å². The van der Waals surface area contributed by atoms with Crippen molar-refractivity contribution in [3.05, 3.63) is 59.7 Å². The van der Waals surface area contributed by atoms with Crippen LogP contribution in [0.4, 0.5) is 0 Å². The first kappa shape index (κ1) is 19.6. The molecule has 5 heteroatoms. The fourth-order valence-electron chi connectivity index (χ4n) is 3.79. The first-order valence-corrected chi connectivity index (χ1v) is 10.2. The third kappa shape index (κ3) is 4.99. The van der Waals surface area contributed by atoms with Gasteiger partial charge in [-0.25, -0.2) is 0 Å². The van der Waals surface area contributed by atoms with Gasteiger partial charge in [0.25, 0.3) is 0 Å². The molecule has 28 heavy (non-hydrogen) atoms. The van der Waals surface area contributed by atoms with E-state index < -0.39 is 0 Å². The lowest BCUT2D eigenvalue weighted by Gasteiger charge is -2.32. The SMILES string of the molecule is CN1CCN(Cc2ccc(-c3ccc(COC4COCC4N)cc3)cc2)CC1. The van der Waals surface area contributed by atoms with E-state index in [9.17, 15) is 0 Å².